The lowest BCUT2D eigenvalue weighted by molar-refractivity contribution is -0.128. The summed E-state index contributed by atoms with van der Waals surface area (Å²) in [5.74, 6) is -0.200. The second kappa shape index (κ2) is 11.2. The number of likely N-dealkylation sites (N-methyl/N-ethyl adjacent to an activating group) is 1. The molecule has 38 heavy (non-hydrogen) atoms. The van der Waals surface area contributed by atoms with Gasteiger partial charge in [0.1, 0.15) is 0 Å². The Balaban J connectivity index is 1.44. The van der Waals surface area contributed by atoms with Crippen LogP contribution in [0, 0.1) is 11.8 Å². The van der Waals surface area contributed by atoms with Gasteiger partial charge >= 0.3 is 0 Å². The number of amides is 2. The molecule has 2 amide bonds. The van der Waals surface area contributed by atoms with Gasteiger partial charge in [0.2, 0.25) is 5.91 Å². The molecular weight excluding hydrogens is 478 g/mol. The summed E-state index contributed by atoms with van der Waals surface area (Å²) in [7, 11) is 2.17. The van der Waals surface area contributed by atoms with Gasteiger partial charge in [-0.15, -0.1) is 0 Å². The smallest absolute Gasteiger partial charge is 0.252 e. The number of piperidine rings is 1. The van der Waals surface area contributed by atoms with Crippen molar-refractivity contribution in [3.63, 3.8) is 0 Å². The number of nitrogens with zero attached hydrogens (tertiary/aromatic N) is 5. The Morgan fingerprint density at radius 2 is 1.97 bits per heavy atom. The number of pyridine rings is 1. The van der Waals surface area contributed by atoms with Gasteiger partial charge in [0.25, 0.3) is 5.91 Å². The molecule has 0 spiro atoms. The summed E-state index contributed by atoms with van der Waals surface area (Å²) in [4.78, 5) is 35.7. The lowest BCUT2D eigenvalue weighted by Crippen LogP contribution is -2.46. The Morgan fingerprint density at radius 1 is 1.18 bits per heavy atom. The fraction of sp³-hybridized carbons (Fsp3) is 0.517. The third-order valence-electron chi connectivity index (χ3n) is 7.93. The molecule has 2 aliphatic heterocycles. The van der Waals surface area contributed by atoms with Gasteiger partial charge < -0.3 is 15.5 Å². The summed E-state index contributed by atoms with van der Waals surface area (Å²) in [5.41, 5.74) is 4.18. The molecule has 2 N–H and O–H groups in total. The fourth-order valence-corrected chi connectivity index (χ4v) is 5.43. The molecule has 9 heteroatoms. The number of nitrogens with one attached hydrogen (secondary N) is 2. The largest absolute Gasteiger partial charge is 0.356 e. The summed E-state index contributed by atoms with van der Waals surface area (Å²) in [6.07, 6.45) is 2.64. The third kappa shape index (κ3) is 5.59. The van der Waals surface area contributed by atoms with Crippen LogP contribution in [0.1, 0.15) is 49.2 Å². The van der Waals surface area contributed by atoms with Crippen molar-refractivity contribution in [2.75, 3.05) is 46.3 Å². The molecule has 2 atom stereocenters. The molecule has 2 unspecified atom stereocenters. The average molecular weight is 518 g/mol. The zero-order chi connectivity index (χ0) is 26.8. The van der Waals surface area contributed by atoms with Crippen LogP contribution in [0.2, 0.25) is 0 Å². The normalized spacial score (nSPS) is 21.1. The van der Waals surface area contributed by atoms with E-state index in [-0.39, 0.29) is 29.7 Å². The maximum Gasteiger partial charge on any atom is 0.252 e. The van der Waals surface area contributed by atoms with Crippen molar-refractivity contribution in [2.24, 2.45) is 11.8 Å². The summed E-state index contributed by atoms with van der Waals surface area (Å²) < 4.78 is 1.86. The van der Waals surface area contributed by atoms with E-state index in [0.717, 1.165) is 55.8 Å². The molecule has 202 valence electrons. The van der Waals surface area contributed by atoms with Gasteiger partial charge in [-0.2, -0.15) is 5.10 Å². The van der Waals surface area contributed by atoms with Gasteiger partial charge in [-0.25, -0.2) is 9.67 Å². The molecule has 5 rings (SSSR count). The van der Waals surface area contributed by atoms with Crippen LogP contribution in [0.15, 0.2) is 36.5 Å². The highest BCUT2D eigenvalue weighted by Gasteiger charge is 2.29. The van der Waals surface area contributed by atoms with Crippen LogP contribution in [0.25, 0.3) is 22.3 Å². The van der Waals surface area contributed by atoms with E-state index in [1.165, 1.54) is 5.56 Å². The maximum absolute atomic E-state index is 13.5. The van der Waals surface area contributed by atoms with Crippen LogP contribution in [-0.2, 0) is 11.3 Å². The number of aromatic nitrogens is 3. The molecule has 1 aromatic carbocycles. The highest BCUT2D eigenvalue weighted by Crippen LogP contribution is 2.28. The Labute approximate surface area is 224 Å². The molecule has 0 aliphatic carbocycles. The number of hydrogen-bond donors (Lipinski definition) is 2. The average Bonchev–Trinajstić information content (AvgIpc) is 3.34. The van der Waals surface area contributed by atoms with Crippen molar-refractivity contribution in [1.29, 1.82) is 0 Å². The molecule has 4 heterocycles. The highest BCUT2D eigenvalue weighted by atomic mass is 16.2. The number of carbonyl (C=O) groups excluding carboxylic acids is 2. The Bertz CT molecular complexity index is 1310. The van der Waals surface area contributed by atoms with Crippen molar-refractivity contribution in [3.05, 3.63) is 47.7 Å². The number of piperazine rings is 1. The highest BCUT2D eigenvalue weighted by molar-refractivity contribution is 6.06. The lowest BCUT2D eigenvalue weighted by atomic mass is 9.87. The van der Waals surface area contributed by atoms with Crippen LogP contribution in [0.3, 0.4) is 0 Å². The third-order valence-corrected chi connectivity index (χ3v) is 7.93. The molecule has 0 radical (unpaired) electrons. The first-order valence-electron chi connectivity index (χ1n) is 13.7. The first kappa shape index (κ1) is 26.3. The Morgan fingerprint density at radius 3 is 2.71 bits per heavy atom. The molecule has 0 saturated carbocycles. The summed E-state index contributed by atoms with van der Waals surface area (Å²) in [6.45, 7) is 12.4. The Hall–Kier alpha value is -3.30. The molecule has 2 saturated heterocycles. The zero-order valence-electron chi connectivity index (χ0n) is 22.9. The van der Waals surface area contributed by atoms with Crippen LogP contribution >= 0.6 is 0 Å². The topological polar surface area (TPSA) is 95.4 Å². The number of fused-ring (bicyclic) bond motifs is 1. The second-order valence-corrected chi connectivity index (χ2v) is 11.1. The van der Waals surface area contributed by atoms with Crippen molar-refractivity contribution in [2.45, 2.75) is 39.8 Å². The van der Waals surface area contributed by atoms with E-state index in [1.54, 1.807) is 6.20 Å². The van der Waals surface area contributed by atoms with Gasteiger partial charge in [-0.3, -0.25) is 14.5 Å². The first-order chi connectivity index (χ1) is 18.3. The van der Waals surface area contributed by atoms with Crippen LogP contribution in [-0.4, -0.2) is 82.7 Å². The lowest BCUT2D eigenvalue weighted by Gasteiger charge is -2.32. The maximum atomic E-state index is 13.5. The standard InChI is InChI=1S/C29H39N7O2/c1-19(2)36-27-25(17-32-36)23(28(37)31-16-24-20(3)8-9-30-29(24)38)15-26(33-27)22-7-5-6-21(14-22)18-35-12-10-34(4)11-13-35/h5-7,14-15,17,19-20,24H,8-13,16,18H2,1-4H3,(H,30,38)(H,31,37). The van der Waals surface area contributed by atoms with Crippen LogP contribution < -0.4 is 10.6 Å². The molecule has 9 nitrogen and oxygen atoms in total. The SMILES string of the molecule is CC1CCNC(=O)C1CNC(=O)c1cc(-c2cccc(CN3CCN(C)CC3)c2)nc2c1cnn2C(C)C. The molecule has 2 aliphatic rings. The molecule has 2 aromatic heterocycles. The Kier molecular flexibility index (Phi) is 7.76. The minimum Gasteiger partial charge on any atom is -0.356 e. The molecule has 2 fully saturated rings. The quantitative estimate of drug-likeness (QED) is 0.501. The minimum absolute atomic E-state index is 0.00871. The monoisotopic (exact) mass is 517 g/mol. The fourth-order valence-electron chi connectivity index (χ4n) is 5.43. The van der Waals surface area contributed by atoms with Gasteiger partial charge in [-0.05, 0) is 50.9 Å². The van der Waals surface area contributed by atoms with Crippen molar-refractivity contribution in [3.8, 4) is 11.3 Å². The van der Waals surface area contributed by atoms with E-state index in [1.807, 2.05) is 16.8 Å². The predicted molar refractivity (Wildman–Crippen MR) is 149 cm³/mol. The van der Waals surface area contributed by atoms with E-state index in [4.69, 9.17) is 4.98 Å². The van der Waals surface area contributed by atoms with Gasteiger partial charge in [0, 0.05) is 57.4 Å². The number of benzene rings is 1. The van der Waals surface area contributed by atoms with E-state index in [0.29, 0.717) is 24.3 Å². The van der Waals surface area contributed by atoms with Gasteiger partial charge in [0.15, 0.2) is 5.65 Å². The van der Waals surface area contributed by atoms with E-state index in [9.17, 15) is 9.59 Å². The van der Waals surface area contributed by atoms with Crippen LogP contribution in [0.4, 0.5) is 0 Å². The molecular formula is C29H39N7O2. The van der Waals surface area contributed by atoms with Gasteiger partial charge in [-0.1, -0.05) is 25.1 Å². The number of hydrogen-bond acceptors (Lipinski definition) is 6. The zero-order valence-corrected chi connectivity index (χ0v) is 22.9. The van der Waals surface area contributed by atoms with E-state index >= 15 is 0 Å². The predicted octanol–water partition coefficient (Wildman–Crippen LogP) is 2.93. The second-order valence-electron chi connectivity index (χ2n) is 11.1. The number of rotatable bonds is 7. The summed E-state index contributed by atoms with van der Waals surface area (Å²) in [5, 5.41) is 11.2. The molecule has 3 aromatic rings. The van der Waals surface area contributed by atoms with E-state index < -0.39 is 0 Å². The first-order valence-corrected chi connectivity index (χ1v) is 13.7. The summed E-state index contributed by atoms with van der Waals surface area (Å²) in [6, 6.07) is 10.4. The van der Waals surface area contributed by atoms with Crippen molar-refractivity contribution < 1.29 is 9.59 Å². The van der Waals surface area contributed by atoms with Crippen molar-refractivity contribution >= 4 is 22.8 Å². The van der Waals surface area contributed by atoms with Crippen LogP contribution in [0.5, 0.6) is 0 Å². The van der Waals surface area contributed by atoms with E-state index in [2.05, 4.69) is 71.6 Å². The van der Waals surface area contributed by atoms with Crippen molar-refractivity contribution in [1.82, 2.24) is 35.2 Å². The van der Waals surface area contributed by atoms with Gasteiger partial charge in [0.05, 0.1) is 28.8 Å². The number of carbonyl (C=O) groups is 2. The minimum atomic E-state index is -0.228. The summed E-state index contributed by atoms with van der Waals surface area (Å²) >= 11 is 0. The molecule has 0 bridgehead atoms.